The predicted molar refractivity (Wildman–Crippen MR) is 73.7 cm³/mol. The highest BCUT2D eigenvalue weighted by Gasteiger charge is 2.48. The molecule has 2 aliphatic heterocycles. The maximum atomic E-state index is 12.9. The molecule has 1 saturated heterocycles. The van der Waals surface area contributed by atoms with E-state index in [1.165, 1.54) is 0 Å². The van der Waals surface area contributed by atoms with Crippen LogP contribution in [0.1, 0.15) is 40.0 Å². The van der Waals surface area contributed by atoms with E-state index in [9.17, 15) is 9.90 Å². The summed E-state index contributed by atoms with van der Waals surface area (Å²) in [6.07, 6.45) is 4.58. The second kappa shape index (κ2) is 5.63. The van der Waals surface area contributed by atoms with E-state index in [1.807, 2.05) is 17.9 Å². The third-order valence-corrected chi connectivity index (χ3v) is 4.25. The number of nitrogens with zero attached hydrogens (tertiary/aromatic N) is 1. The van der Waals surface area contributed by atoms with Gasteiger partial charge in [-0.1, -0.05) is 19.9 Å². The fourth-order valence-corrected chi connectivity index (χ4v) is 3.23. The van der Waals surface area contributed by atoms with Gasteiger partial charge in [-0.05, 0) is 37.7 Å². The molecule has 1 fully saturated rings. The summed E-state index contributed by atoms with van der Waals surface area (Å²) in [6.45, 7) is 7.50. The van der Waals surface area contributed by atoms with Crippen LogP contribution in [0.4, 0.5) is 0 Å². The van der Waals surface area contributed by atoms with Gasteiger partial charge in [0.05, 0.1) is 19.3 Å². The van der Waals surface area contributed by atoms with Crippen molar-refractivity contribution in [3.63, 3.8) is 0 Å². The summed E-state index contributed by atoms with van der Waals surface area (Å²) in [5, 5.41) is 9.41. The van der Waals surface area contributed by atoms with Crippen LogP contribution in [0, 0.1) is 5.92 Å². The van der Waals surface area contributed by atoms with Crippen molar-refractivity contribution in [2.24, 2.45) is 5.92 Å². The Kier molecular flexibility index (Phi) is 4.31. The SMILES string of the molecule is CC1=CCO[C@@]1(CC(C)C)C(=O)N1CCC[C@H]1CO. The van der Waals surface area contributed by atoms with Crippen LogP contribution in [0.25, 0.3) is 0 Å². The third-order valence-electron chi connectivity index (χ3n) is 4.25. The molecule has 0 saturated carbocycles. The molecule has 0 aromatic rings. The first kappa shape index (κ1) is 14.5. The molecule has 2 aliphatic rings. The van der Waals surface area contributed by atoms with Gasteiger partial charge in [0, 0.05) is 6.54 Å². The van der Waals surface area contributed by atoms with E-state index in [4.69, 9.17) is 4.74 Å². The van der Waals surface area contributed by atoms with Crippen LogP contribution in [0.3, 0.4) is 0 Å². The number of aliphatic hydroxyl groups is 1. The number of ether oxygens (including phenoxy) is 1. The minimum Gasteiger partial charge on any atom is -0.394 e. The Bertz CT molecular complexity index is 378. The average Bonchev–Trinajstić information content (AvgIpc) is 2.96. The number of hydrogen-bond donors (Lipinski definition) is 1. The number of amides is 1. The molecule has 2 rings (SSSR count). The second-order valence-corrected chi connectivity index (χ2v) is 6.10. The number of carbonyl (C=O) groups excluding carboxylic acids is 1. The summed E-state index contributed by atoms with van der Waals surface area (Å²) in [7, 11) is 0. The quantitative estimate of drug-likeness (QED) is 0.789. The minimum absolute atomic E-state index is 0.0338. The first-order chi connectivity index (χ1) is 9.01. The zero-order valence-corrected chi connectivity index (χ0v) is 12.2. The van der Waals surface area contributed by atoms with E-state index >= 15 is 0 Å². The van der Waals surface area contributed by atoms with Crippen LogP contribution in [0.5, 0.6) is 0 Å². The number of likely N-dealkylation sites (tertiary alicyclic amines) is 1. The van der Waals surface area contributed by atoms with E-state index in [2.05, 4.69) is 13.8 Å². The van der Waals surface area contributed by atoms with Crippen molar-refractivity contribution in [3.05, 3.63) is 11.6 Å². The van der Waals surface area contributed by atoms with Gasteiger partial charge in [0.1, 0.15) is 0 Å². The fourth-order valence-electron chi connectivity index (χ4n) is 3.23. The molecule has 0 aromatic heterocycles. The molecule has 4 nitrogen and oxygen atoms in total. The molecule has 2 atom stereocenters. The molecular weight excluding hydrogens is 242 g/mol. The highest BCUT2D eigenvalue weighted by molar-refractivity contribution is 5.89. The van der Waals surface area contributed by atoms with Gasteiger partial charge in [0.25, 0.3) is 5.91 Å². The molecule has 2 heterocycles. The van der Waals surface area contributed by atoms with Crippen molar-refractivity contribution < 1.29 is 14.6 Å². The molecule has 1 N–H and O–H groups in total. The minimum atomic E-state index is -0.786. The van der Waals surface area contributed by atoms with Crippen molar-refractivity contribution in [2.45, 2.75) is 51.7 Å². The lowest BCUT2D eigenvalue weighted by atomic mass is 9.85. The number of rotatable bonds is 4. The van der Waals surface area contributed by atoms with Crippen LogP contribution in [-0.2, 0) is 9.53 Å². The van der Waals surface area contributed by atoms with Gasteiger partial charge >= 0.3 is 0 Å². The highest BCUT2D eigenvalue weighted by atomic mass is 16.5. The summed E-state index contributed by atoms with van der Waals surface area (Å²) in [4.78, 5) is 14.8. The van der Waals surface area contributed by atoms with E-state index in [-0.39, 0.29) is 18.6 Å². The van der Waals surface area contributed by atoms with Crippen molar-refractivity contribution in [2.75, 3.05) is 19.8 Å². The van der Waals surface area contributed by atoms with Crippen molar-refractivity contribution in [1.29, 1.82) is 0 Å². The molecular formula is C15H25NO3. The van der Waals surface area contributed by atoms with Crippen molar-refractivity contribution in [1.82, 2.24) is 4.90 Å². The van der Waals surface area contributed by atoms with Crippen LogP contribution < -0.4 is 0 Å². The van der Waals surface area contributed by atoms with Gasteiger partial charge in [-0.2, -0.15) is 0 Å². The van der Waals surface area contributed by atoms with Gasteiger partial charge in [0.2, 0.25) is 0 Å². The summed E-state index contributed by atoms with van der Waals surface area (Å²) in [5.41, 5.74) is 0.237. The maximum absolute atomic E-state index is 12.9. The lowest BCUT2D eigenvalue weighted by Crippen LogP contribution is -2.53. The molecule has 0 spiro atoms. The molecule has 1 amide bonds. The van der Waals surface area contributed by atoms with Crippen LogP contribution in [0.2, 0.25) is 0 Å². The van der Waals surface area contributed by atoms with E-state index in [0.29, 0.717) is 18.9 Å². The summed E-state index contributed by atoms with van der Waals surface area (Å²) >= 11 is 0. The van der Waals surface area contributed by atoms with Crippen LogP contribution in [-0.4, -0.2) is 47.3 Å². The first-order valence-corrected chi connectivity index (χ1v) is 7.24. The van der Waals surface area contributed by atoms with E-state index in [1.54, 1.807) is 0 Å². The Labute approximate surface area is 115 Å². The van der Waals surface area contributed by atoms with Crippen LogP contribution >= 0.6 is 0 Å². The van der Waals surface area contributed by atoms with Gasteiger partial charge in [0.15, 0.2) is 5.60 Å². The predicted octanol–water partition coefficient (Wildman–Crippen LogP) is 1.73. The maximum Gasteiger partial charge on any atom is 0.259 e. The zero-order valence-electron chi connectivity index (χ0n) is 12.2. The second-order valence-electron chi connectivity index (χ2n) is 6.10. The van der Waals surface area contributed by atoms with Crippen molar-refractivity contribution >= 4 is 5.91 Å². The van der Waals surface area contributed by atoms with E-state index < -0.39 is 5.60 Å². The first-order valence-electron chi connectivity index (χ1n) is 7.24. The summed E-state index contributed by atoms with van der Waals surface area (Å²) < 4.78 is 5.87. The standard InChI is InChI=1S/C15H25NO3/c1-11(2)9-15(12(3)6-8-19-15)14(18)16-7-4-5-13(16)10-17/h6,11,13,17H,4-5,7-10H2,1-3H3/t13-,15+/m0/s1. The van der Waals surface area contributed by atoms with Gasteiger partial charge in [-0.15, -0.1) is 0 Å². The van der Waals surface area contributed by atoms with E-state index in [0.717, 1.165) is 25.0 Å². The molecule has 0 aliphatic carbocycles. The zero-order chi connectivity index (χ0) is 14.0. The Morgan fingerprint density at radius 2 is 2.37 bits per heavy atom. The number of carbonyl (C=O) groups is 1. The van der Waals surface area contributed by atoms with Gasteiger partial charge in [-0.3, -0.25) is 4.79 Å². The fraction of sp³-hybridized carbons (Fsp3) is 0.800. The average molecular weight is 267 g/mol. The van der Waals surface area contributed by atoms with Crippen molar-refractivity contribution in [3.8, 4) is 0 Å². The summed E-state index contributed by atoms with van der Waals surface area (Å²) in [6, 6.07) is -0.0338. The number of hydrogen-bond acceptors (Lipinski definition) is 3. The highest BCUT2D eigenvalue weighted by Crippen LogP contribution is 2.37. The Morgan fingerprint density at radius 3 is 2.89 bits per heavy atom. The monoisotopic (exact) mass is 267 g/mol. The largest absolute Gasteiger partial charge is 0.394 e. The topological polar surface area (TPSA) is 49.8 Å². The molecule has 0 unspecified atom stereocenters. The molecule has 0 radical (unpaired) electrons. The molecule has 4 heteroatoms. The number of aliphatic hydroxyl groups excluding tert-OH is 1. The van der Waals surface area contributed by atoms with Gasteiger partial charge in [-0.25, -0.2) is 0 Å². The molecule has 0 aromatic carbocycles. The smallest absolute Gasteiger partial charge is 0.259 e. The Balaban J connectivity index is 2.24. The lowest BCUT2D eigenvalue weighted by molar-refractivity contribution is -0.153. The van der Waals surface area contributed by atoms with Gasteiger partial charge < -0.3 is 14.7 Å². The molecule has 0 bridgehead atoms. The molecule has 19 heavy (non-hydrogen) atoms. The normalized spacial score (nSPS) is 31.1. The molecule has 108 valence electrons. The lowest BCUT2D eigenvalue weighted by Gasteiger charge is -2.36. The Hall–Kier alpha value is -0.870. The van der Waals surface area contributed by atoms with Crippen LogP contribution in [0.15, 0.2) is 11.6 Å². The summed E-state index contributed by atoms with van der Waals surface area (Å²) in [5.74, 6) is 0.435. The third kappa shape index (κ3) is 2.56. The Morgan fingerprint density at radius 1 is 1.63 bits per heavy atom.